The normalized spacial score (nSPS) is 17.2. The molecule has 1 N–H and O–H groups in total. The summed E-state index contributed by atoms with van der Waals surface area (Å²) in [5.41, 5.74) is 1.65. The van der Waals surface area contributed by atoms with Crippen LogP contribution in [0.3, 0.4) is 0 Å². The number of amides is 1. The summed E-state index contributed by atoms with van der Waals surface area (Å²) in [6, 6.07) is 4.77. The van der Waals surface area contributed by atoms with E-state index in [1.54, 1.807) is 30.1 Å². The van der Waals surface area contributed by atoms with Crippen molar-refractivity contribution in [3.8, 4) is 11.5 Å². The Morgan fingerprint density at radius 1 is 1.42 bits per heavy atom. The van der Waals surface area contributed by atoms with Gasteiger partial charge in [-0.1, -0.05) is 6.07 Å². The Balaban J connectivity index is 2.00. The van der Waals surface area contributed by atoms with E-state index in [9.17, 15) is 13.6 Å². The zero-order chi connectivity index (χ0) is 17.3. The number of rotatable bonds is 4. The van der Waals surface area contributed by atoms with Crippen LogP contribution in [-0.4, -0.2) is 35.2 Å². The van der Waals surface area contributed by atoms with Gasteiger partial charge >= 0.3 is 6.61 Å². The third-order valence-corrected chi connectivity index (χ3v) is 4.88. The largest absolute Gasteiger partial charge is 0.493 e. The highest BCUT2D eigenvalue weighted by Crippen LogP contribution is 2.43. The van der Waals surface area contributed by atoms with E-state index in [0.717, 1.165) is 11.1 Å². The summed E-state index contributed by atoms with van der Waals surface area (Å²) in [5.74, 6) is 0.966. The lowest BCUT2D eigenvalue weighted by atomic mass is 10.1. The number of hydrogen-bond acceptors (Lipinski definition) is 5. The van der Waals surface area contributed by atoms with Crippen molar-refractivity contribution in [1.29, 1.82) is 0 Å². The van der Waals surface area contributed by atoms with Gasteiger partial charge in [-0.25, -0.2) is 0 Å². The highest BCUT2D eigenvalue weighted by atomic mass is 32.2. The van der Waals surface area contributed by atoms with Crippen LogP contribution in [0.15, 0.2) is 24.4 Å². The summed E-state index contributed by atoms with van der Waals surface area (Å²) in [5, 5.41) is 6.83. The number of nitrogens with zero attached hydrogens (tertiary/aromatic N) is 2. The van der Waals surface area contributed by atoms with Crippen LogP contribution in [0.25, 0.3) is 0 Å². The van der Waals surface area contributed by atoms with E-state index in [1.165, 1.54) is 24.9 Å². The Bertz CT molecular complexity index is 766. The van der Waals surface area contributed by atoms with Crippen LogP contribution in [0.1, 0.15) is 16.4 Å². The molecular formula is C15H15F2N3O3S. The Labute approximate surface area is 141 Å². The van der Waals surface area contributed by atoms with E-state index < -0.39 is 6.61 Å². The second-order valence-electron chi connectivity index (χ2n) is 5.10. The first-order valence-electron chi connectivity index (χ1n) is 7.05. The predicted molar refractivity (Wildman–Crippen MR) is 85.8 cm³/mol. The van der Waals surface area contributed by atoms with Crippen LogP contribution >= 0.6 is 11.8 Å². The number of fused-ring (bicyclic) bond motifs is 1. The molecule has 1 amide bonds. The number of aromatic nitrogens is 2. The van der Waals surface area contributed by atoms with Crippen LogP contribution in [0.4, 0.5) is 14.6 Å². The molecule has 3 rings (SSSR count). The predicted octanol–water partition coefficient (Wildman–Crippen LogP) is 2.80. The summed E-state index contributed by atoms with van der Waals surface area (Å²) in [6.07, 6.45) is 1.69. The monoisotopic (exact) mass is 355 g/mol. The maximum atomic E-state index is 12.5. The summed E-state index contributed by atoms with van der Waals surface area (Å²) in [7, 11) is 3.13. The van der Waals surface area contributed by atoms with Gasteiger partial charge in [0.1, 0.15) is 5.82 Å². The van der Waals surface area contributed by atoms with E-state index in [1.807, 2.05) is 0 Å². The molecule has 0 bridgehead atoms. The average Bonchev–Trinajstić information content (AvgIpc) is 2.80. The number of aryl methyl sites for hydroxylation is 1. The van der Waals surface area contributed by atoms with E-state index >= 15 is 0 Å². The van der Waals surface area contributed by atoms with Crippen molar-refractivity contribution < 1.29 is 23.0 Å². The SMILES string of the molecule is COc1cc(C2SCC(=O)Nc3c2cnn3C)ccc1OC(F)F. The second kappa shape index (κ2) is 6.68. The Morgan fingerprint density at radius 2 is 2.21 bits per heavy atom. The number of carbonyl (C=O) groups is 1. The molecule has 0 saturated carbocycles. The van der Waals surface area contributed by atoms with Crippen LogP contribution in [0.5, 0.6) is 11.5 Å². The van der Waals surface area contributed by atoms with Crippen molar-refractivity contribution in [2.24, 2.45) is 7.05 Å². The number of thioether (sulfide) groups is 1. The molecule has 2 aromatic rings. The maximum absolute atomic E-state index is 12.5. The number of hydrogen-bond donors (Lipinski definition) is 1. The Hall–Kier alpha value is -2.29. The fraction of sp³-hybridized carbons (Fsp3) is 0.333. The lowest BCUT2D eigenvalue weighted by molar-refractivity contribution is -0.113. The Morgan fingerprint density at radius 3 is 2.92 bits per heavy atom. The number of benzene rings is 1. The van der Waals surface area contributed by atoms with Gasteiger partial charge in [0, 0.05) is 12.6 Å². The minimum absolute atomic E-state index is 0.0320. The first-order chi connectivity index (χ1) is 11.5. The molecule has 24 heavy (non-hydrogen) atoms. The van der Waals surface area contributed by atoms with Gasteiger partial charge in [-0.05, 0) is 17.7 Å². The fourth-order valence-corrected chi connectivity index (χ4v) is 3.61. The molecular weight excluding hydrogens is 340 g/mol. The van der Waals surface area contributed by atoms with Crippen LogP contribution in [0.2, 0.25) is 0 Å². The van der Waals surface area contributed by atoms with Gasteiger partial charge in [0.2, 0.25) is 5.91 Å². The standard InChI is InChI=1S/C15H15F2N3O3S/c1-20-14-9(6-18-20)13(24-7-12(21)19-14)8-3-4-10(23-15(16)17)11(5-8)22-2/h3-6,13,15H,7H2,1-2H3,(H,19,21). The topological polar surface area (TPSA) is 65.4 Å². The molecule has 1 aromatic carbocycles. The number of alkyl halides is 2. The quantitative estimate of drug-likeness (QED) is 0.914. The van der Waals surface area contributed by atoms with E-state index in [4.69, 9.17) is 4.74 Å². The van der Waals surface area contributed by atoms with Crippen LogP contribution in [0, 0.1) is 0 Å². The van der Waals surface area contributed by atoms with Crippen molar-refractivity contribution in [2.45, 2.75) is 11.9 Å². The van der Waals surface area contributed by atoms with E-state index in [2.05, 4.69) is 15.2 Å². The molecule has 1 aromatic heterocycles. The molecule has 1 unspecified atom stereocenters. The first kappa shape index (κ1) is 16.6. The summed E-state index contributed by atoms with van der Waals surface area (Å²) in [4.78, 5) is 11.9. The third kappa shape index (κ3) is 3.16. The smallest absolute Gasteiger partial charge is 0.387 e. The van der Waals surface area contributed by atoms with Gasteiger partial charge < -0.3 is 14.8 Å². The summed E-state index contributed by atoms with van der Waals surface area (Å²) in [6.45, 7) is -2.93. The van der Waals surface area contributed by atoms with Gasteiger partial charge in [0.05, 0.1) is 24.3 Å². The van der Waals surface area contributed by atoms with Gasteiger partial charge in [0.15, 0.2) is 11.5 Å². The lowest BCUT2D eigenvalue weighted by Crippen LogP contribution is -2.15. The zero-order valence-corrected chi connectivity index (χ0v) is 13.8. The minimum atomic E-state index is -2.93. The van der Waals surface area contributed by atoms with Gasteiger partial charge in [-0.15, -0.1) is 11.8 Å². The molecule has 0 radical (unpaired) electrons. The molecule has 0 spiro atoms. The van der Waals surface area contributed by atoms with Crippen molar-refractivity contribution >= 4 is 23.5 Å². The molecule has 1 atom stereocenters. The molecule has 0 aliphatic carbocycles. The molecule has 2 heterocycles. The molecule has 0 fully saturated rings. The van der Waals surface area contributed by atoms with Crippen molar-refractivity contribution in [3.05, 3.63) is 35.5 Å². The van der Waals surface area contributed by atoms with Crippen molar-refractivity contribution in [1.82, 2.24) is 9.78 Å². The number of methoxy groups -OCH3 is 1. The number of carbonyl (C=O) groups excluding carboxylic acids is 1. The first-order valence-corrected chi connectivity index (χ1v) is 8.10. The van der Waals surface area contributed by atoms with Gasteiger partial charge in [-0.3, -0.25) is 9.48 Å². The molecule has 1 aliphatic rings. The number of ether oxygens (including phenoxy) is 2. The third-order valence-electron chi connectivity index (χ3n) is 3.59. The average molecular weight is 355 g/mol. The second-order valence-corrected chi connectivity index (χ2v) is 6.19. The molecule has 0 saturated heterocycles. The summed E-state index contributed by atoms with van der Waals surface area (Å²) < 4.78 is 36.1. The number of anilines is 1. The van der Waals surface area contributed by atoms with Crippen LogP contribution in [-0.2, 0) is 11.8 Å². The maximum Gasteiger partial charge on any atom is 0.387 e. The highest BCUT2D eigenvalue weighted by Gasteiger charge is 2.27. The van der Waals surface area contributed by atoms with Crippen molar-refractivity contribution in [3.63, 3.8) is 0 Å². The zero-order valence-electron chi connectivity index (χ0n) is 13.0. The van der Waals surface area contributed by atoms with Gasteiger partial charge in [0.25, 0.3) is 0 Å². The molecule has 9 heteroatoms. The molecule has 128 valence electrons. The highest BCUT2D eigenvalue weighted by molar-refractivity contribution is 8.00. The lowest BCUT2D eigenvalue weighted by Gasteiger charge is -2.17. The van der Waals surface area contributed by atoms with Crippen molar-refractivity contribution in [2.75, 3.05) is 18.2 Å². The minimum Gasteiger partial charge on any atom is -0.493 e. The summed E-state index contributed by atoms with van der Waals surface area (Å²) >= 11 is 1.43. The number of nitrogens with one attached hydrogen (secondary N) is 1. The fourth-order valence-electron chi connectivity index (χ4n) is 2.53. The van der Waals surface area contributed by atoms with E-state index in [0.29, 0.717) is 5.82 Å². The Kier molecular flexibility index (Phi) is 4.61. The van der Waals surface area contributed by atoms with E-state index in [-0.39, 0.29) is 28.4 Å². The van der Waals surface area contributed by atoms with Gasteiger partial charge in [-0.2, -0.15) is 13.9 Å². The number of halogens is 2. The van der Waals surface area contributed by atoms with Crippen LogP contribution < -0.4 is 14.8 Å². The molecule has 1 aliphatic heterocycles. The molecule has 6 nitrogen and oxygen atoms in total.